The van der Waals surface area contributed by atoms with E-state index in [1.807, 2.05) is 24.3 Å². The van der Waals surface area contributed by atoms with Gasteiger partial charge in [-0.2, -0.15) is 0 Å². The first-order chi connectivity index (χ1) is 10.3. The number of aromatic amines is 1. The summed E-state index contributed by atoms with van der Waals surface area (Å²) in [4.78, 5) is 7.30. The maximum atomic E-state index is 14.1. The molecule has 2 aromatic carbocycles. The second-order valence-corrected chi connectivity index (χ2v) is 4.72. The average molecular weight is 282 g/mol. The van der Waals surface area contributed by atoms with Crippen LogP contribution in [0.15, 0.2) is 54.9 Å². The Hall–Kier alpha value is -2.62. The van der Waals surface area contributed by atoms with Gasteiger partial charge in [-0.05, 0) is 29.3 Å². The highest BCUT2D eigenvalue weighted by atomic mass is 19.1. The highest BCUT2D eigenvalue weighted by Gasteiger charge is 2.12. The van der Waals surface area contributed by atoms with Crippen LogP contribution in [0.3, 0.4) is 0 Å². The van der Waals surface area contributed by atoms with Crippen LogP contribution in [0.4, 0.5) is 4.39 Å². The van der Waals surface area contributed by atoms with Gasteiger partial charge >= 0.3 is 0 Å². The van der Waals surface area contributed by atoms with Crippen LogP contribution >= 0.6 is 0 Å². The van der Waals surface area contributed by atoms with E-state index in [-0.39, 0.29) is 5.82 Å². The van der Waals surface area contributed by atoms with Crippen molar-refractivity contribution in [1.29, 1.82) is 0 Å². The summed E-state index contributed by atoms with van der Waals surface area (Å²) in [5.74, 6) is 1.35. The highest BCUT2D eigenvalue weighted by Crippen LogP contribution is 2.30. The zero-order valence-electron chi connectivity index (χ0n) is 11.6. The zero-order chi connectivity index (χ0) is 14.7. The van der Waals surface area contributed by atoms with E-state index in [2.05, 4.69) is 9.97 Å². The molecule has 1 heterocycles. The quantitative estimate of drug-likeness (QED) is 0.790. The number of ether oxygens (including phenoxy) is 1. The van der Waals surface area contributed by atoms with Crippen molar-refractivity contribution in [2.75, 3.05) is 7.11 Å². The maximum Gasteiger partial charge on any atom is 0.131 e. The van der Waals surface area contributed by atoms with E-state index in [1.54, 1.807) is 31.6 Å². The SMILES string of the molecule is COc1ccc(-c2ccccc2F)c(Cc2ncc[nH]2)c1. The minimum atomic E-state index is -0.233. The minimum Gasteiger partial charge on any atom is -0.497 e. The molecule has 0 aliphatic heterocycles. The number of H-pyrrole nitrogens is 1. The van der Waals surface area contributed by atoms with Gasteiger partial charge in [0.05, 0.1) is 7.11 Å². The molecule has 0 atom stereocenters. The van der Waals surface area contributed by atoms with E-state index >= 15 is 0 Å². The van der Waals surface area contributed by atoms with Crippen LogP contribution in [-0.2, 0) is 6.42 Å². The molecular formula is C17H15FN2O. The fraction of sp³-hybridized carbons (Fsp3) is 0.118. The second kappa shape index (κ2) is 5.79. The van der Waals surface area contributed by atoms with E-state index in [0.29, 0.717) is 12.0 Å². The fourth-order valence-electron chi connectivity index (χ4n) is 2.36. The third kappa shape index (κ3) is 2.79. The molecule has 0 spiro atoms. The molecule has 4 heteroatoms. The topological polar surface area (TPSA) is 37.9 Å². The Morgan fingerprint density at radius 2 is 2.00 bits per heavy atom. The minimum absolute atomic E-state index is 0.233. The predicted octanol–water partition coefficient (Wildman–Crippen LogP) is 3.82. The average Bonchev–Trinajstić information content (AvgIpc) is 3.01. The zero-order valence-corrected chi connectivity index (χ0v) is 11.6. The van der Waals surface area contributed by atoms with Gasteiger partial charge in [-0.25, -0.2) is 9.37 Å². The van der Waals surface area contributed by atoms with Crippen molar-refractivity contribution in [3.05, 3.63) is 72.1 Å². The molecule has 0 amide bonds. The maximum absolute atomic E-state index is 14.1. The normalized spacial score (nSPS) is 10.6. The van der Waals surface area contributed by atoms with Crippen molar-refractivity contribution in [3.63, 3.8) is 0 Å². The third-order valence-corrected chi connectivity index (χ3v) is 3.39. The smallest absolute Gasteiger partial charge is 0.131 e. The van der Waals surface area contributed by atoms with Crippen molar-refractivity contribution in [2.24, 2.45) is 0 Å². The molecule has 0 aliphatic carbocycles. The number of nitrogens with zero attached hydrogens (tertiary/aromatic N) is 1. The summed E-state index contributed by atoms with van der Waals surface area (Å²) < 4.78 is 19.3. The molecule has 0 unspecified atom stereocenters. The lowest BCUT2D eigenvalue weighted by atomic mass is 9.96. The fourth-order valence-corrected chi connectivity index (χ4v) is 2.36. The first-order valence-corrected chi connectivity index (χ1v) is 6.68. The third-order valence-electron chi connectivity index (χ3n) is 3.39. The van der Waals surface area contributed by atoms with Crippen LogP contribution in [0, 0.1) is 5.82 Å². The number of aromatic nitrogens is 2. The summed E-state index contributed by atoms with van der Waals surface area (Å²) >= 11 is 0. The van der Waals surface area contributed by atoms with Crippen LogP contribution in [-0.4, -0.2) is 17.1 Å². The molecule has 21 heavy (non-hydrogen) atoms. The van der Waals surface area contributed by atoms with Crippen LogP contribution in [0.5, 0.6) is 5.75 Å². The number of nitrogens with one attached hydrogen (secondary N) is 1. The van der Waals surface area contributed by atoms with E-state index in [4.69, 9.17) is 4.74 Å². The lowest BCUT2D eigenvalue weighted by molar-refractivity contribution is 0.414. The van der Waals surface area contributed by atoms with Crippen molar-refractivity contribution in [2.45, 2.75) is 6.42 Å². The molecule has 1 N–H and O–H groups in total. The Bertz CT molecular complexity index is 738. The van der Waals surface area contributed by atoms with E-state index in [1.165, 1.54) is 6.07 Å². The first-order valence-electron chi connectivity index (χ1n) is 6.68. The van der Waals surface area contributed by atoms with Gasteiger partial charge in [0.15, 0.2) is 0 Å². The number of imidazole rings is 1. The molecule has 0 bridgehead atoms. The number of rotatable bonds is 4. The van der Waals surface area contributed by atoms with Crippen molar-refractivity contribution < 1.29 is 9.13 Å². The molecule has 0 saturated heterocycles. The molecule has 3 aromatic rings. The Morgan fingerprint density at radius 1 is 1.14 bits per heavy atom. The first kappa shape index (κ1) is 13.4. The molecule has 0 aliphatic rings. The summed E-state index contributed by atoms with van der Waals surface area (Å²) in [7, 11) is 1.62. The van der Waals surface area contributed by atoms with E-state index in [0.717, 1.165) is 22.7 Å². The summed E-state index contributed by atoms with van der Waals surface area (Å²) in [5.41, 5.74) is 2.40. The molecule has 1 aromatic heterocycles. The van der Waals surface area contributed by atoms with Crippen molar-refractivity contribution in [1.82, 2.24) is 9.97 Å². The lowest BCUT2D eigenvalue weighted by Crippen LogP contribution is -1.97. The molecular weight excluding hydrogens is 267 g/mol. The van der Waals surface area contributed by atoms with E-state index < -0.39 is 0 Å². The molecule has 3 rings (SSSR count). The number of methoxy groups -OCH3 is 1. The van der Waals surface area contributed by atoms with Gasteiger partial charge in [-0.15, -0.1) is 0 Å². The Kier molecular flexibility index (Phi) is 3.69. The molecule has 0 fully saturated rings. The molecule has 0 radical (unpaired) electrons. The van der Waals surface area contributed by atoms with Crippen molar-refractivity contribution in [3.8, 4) is 16.9 Å². The summed E-state index contributed by atoms with van der Waals surface area (Å²) in [6, 6.07) is 12.4. The van der Waals surface area contributed by atoms with Gasteiger partial charge in [0.2, 0.25) is 0 Å². The van der Waals surface area contributed by atoms with Gasteiger partial charge in [0, 0.05) is 24.4 Å². The van der Waals surface area contributed by atoms with Crippen LogP contribution < -0.4 is 4.74 Å². The number of halogens is 1. The largest absolute Gasteiger partial charge is 0.497 e. The van der Waals surface area contributed by atoms with Gasteiger partial charge in [0.25, 0.3) is 0 Å². The van der Waals surface area contributed by atoms with E-state index in [9.17, 15) is 4.39 Å². The number of hydrogen-bond acceptors (Lipinski definition) is 2. The number of benzene rings is 2. The molecule has 106 valence electrons. The van der Waals surface area contributed by atoms with Gasteiger partial charge in [0.1, 0.15) is 17.4 Å². The summed E-state index contributed by atoms with van der Waals surface area (Å²) in [6.45, 7) is 0. The molecule has 0 saturated carbocycles. The monoisotopic (exact) mass is 282 g/mol. The Balaban J connectivity index is 2.09. The number of hydrogen-bond donors (Lipinski definition) is 1. The standard InChI is InChI=1S/C17H15FN2O/c1-21-13-6-7-14(15-4-2-3-5-16(15)18)12(10-13)11-17-19-8-9-20-17/h2-10H,11H2,1H3,(H,19,20). The summed E-state index contributed by atoms with van der Waals surface area (Å²) in [5, 5.41) is 0. The highest BCUT2D eigenvalue weighted by molar-refractivity contribution is 5.69. The molecule has 3 nitrogen and oxygen atoms in total. The Labute approximate surface area is 122 Å². The van der Waals surface area contributed by atoms with Crippen LogP contribution in [0.2, 0.25) is 0 Å². The van der Waals surface area contributed by atoms with Gasteiger partial charge < -0.3 is 9.72 Å². The lowest BCUT2D eigenvalue weighted by Gasteiger charge is -2.12. The second-order valence-electron chi connectivity index (χ2n) is 4.72. The van der Waals surface area contributed by atoms with Crippen molar-refractivity contribution >= 4 is 0 Å². The van der Waals surface area contributed by atoms with Crippen LogP contribution in [0.25, 0.3) is 11.1 Å². The Morgan fingerprint density at radius 3 is 2.71 bits per heavy atom. The van der Waals surface area contributed by atoms with Gasteiger partial charge in [-0.1, -0.05) is 24.3 Å². The van der Waals surface area contributed by atoms with Gasteiger partial charge in [-0.3, -0.25) is 0 Å². The predicted molar refractivity (Wildman–Crippen MR) is 79.8 cm³/mol. The van der Waals surface area contributed by atoms with Crippen LogP contribution in [0.1, 0.15) is 11.4 Å². The summed E-state index contributed by atoms with van der Waals surface area (Å²) in [6.07, 6.45) is 4.07.